The molecule has 0 bridgehead atoms. The summed E-state index contributed by atoms with van der Waals surface area (Å²) in [6, 6.07) is 10.3. The van der Waals surface area contributed by atoms with Crippen molar-refractivity contribution < 1.29 is 4.74 Å². The monoisotopic (exact) mass is 233 g/mol. The van der Waals surface area contributed by atoms with Gasteiger partial charge >= 0.3 is 0 Å². The average molecular weight is 233 g/mol. The number of hydrogen-bond donors (Lipinski definition) is 1. The normalized spacial score (nSPS) is 18.9. The van der Waals surface area contributed by atoms with Gasteiger partial charge in [0.15, 0.2) is 0 Å². The van der Waals surface area contributed by atoms with Crippen molar-refractivity contribution in [1.29, 1.82) is 0 Å². The Hall–Kier alpha value is -1.02. The van der Waals surface area contributed by atoms with Crippen LogP contribution in [0.4, 0.5) is 5.69 Å². The van der Waals surface area contributed by atoms with Crippen LogP contribution >= 0.6 is 0 Å². The highest BCUT2D eigenvalue weighted by molar-refractivity contribution is 5.42. The van der Waals surface area contributed by atoms with Crippen molar-refractivity contribution in [3.63, 3.8) is 0 Å². The molecule has 1 atom stereocenters. The van der Waals surface area contributed by atoms with E-state index in [1.165, 1.54) is 37.8 Å². The third-order valence-corrected chi connectivity index (χ3v) is 3.34. The van der Waals surface area contributed by atoms with Crippen LogP contribution in [0.2, 0.25) is 0 Å². The highest BCUT2D eigenvalue weighted by Gasteiger charge is 2.16. The topological polar surface area (TPSA) is 21.3 Å². The second-order valence-electron chi connectivity index (χ2n) is 4.95. The lowest BCUT2D eigenvalue weighted by Crippen LogP contribution is -2.27. The molecule has 0 amide bonds. The molecule has 0 spiro atoms. The minimum absolute atomic E-state index is 0.290. The van der Waals surface area contributed by atoms with Gasteiger partial charge in [-0.2, -0.15) is 0 Å². The van der Waals surface area contributed by atoms with E-state index in [2.05, 4.69) is 36.5 Å². The molecule has 1 saturated carbocycles. The van der Waals surface area contributed by atoms with Crippen LogP contribution in [0.1, 0.15) is 39.0 Å². The molecule has 2 heteroatoms. The van der Waals surface area contributed by atoms with E-state index in [1.807, 2.05) is 6.07 Å². The first-order chi connectivity index (χ1) is 8.34. The molecule has 1 N–H and O–H groups in total. The van der Waals surface area contributed by atoms with E-state index in [1.54, 1.807) is 0 Å². The van der Waals surface area contributed by atoms with Gasteiger partial charge in [0.1, 0.15) is 0 Å². The summed E-state index contributed by atoms with van der Waals surface area (Å²) in [5.41, 5.74) is 1.17. The SMILES string of the molecule is CC(CNc1ccccc1)OC1CCCCC1. The van der Waals surface area contributed by atoms with Gasteiger partial charge in [-0.1, -0.05) is 37.5 Å². The zero-order valence-electron chi connectivity index (χ0n) is 10.7. The Bertz CT molecular complexity index is 306. The van der Waals surface area contributed by atoms with Crippen molar-refractivity contribution >= 4 is 5.69 Å². The Morgan fingerprint density at radius 2 is 1.88 bits per heavy atom. The van der Waals surface area contributed by atoms with Crippen LogP contribution in [0, 0.1) is 0 Å². The molecule has 1 aliphatic rings. The Labute approximate surface area is 104 Å². The van der Waals surface area contributed by atoms with Gasteiger partial charge < -0.3 is 10.1 Å². The first kappa shape index (κ1) is 12.4. The van der Waals surface area contributed by atoms with Gasteiger partial charge in [0.2, 0.25) is 0 Å². The first-order valence-electron chi connectivity index (χ1n) is 6.79. The molecule has 0 saturated heterocycles. The van der Waals surface area contributed by atoms with Crippen LogP contribution in [0.3, 0.4) is 0 Å². The van der Waals surface area contributed by atoms with Crippen LogP contribution in [0.25, 0.3) is 0 Å². The Morgan fingerprint density at radius 1 is 1.18 bits per heavy atom. The second-order valence-corrected chi connectivity index (χ2v) is 4.95. The molecular weight excluding hydrogens is 210 g/mol. The molecule has 0 aliphatic heterocycles. The first-order valence-corrected chi connectivity index (χ1v) is 6.79. The van der Waals surface area contributed by atoms with Gasteiger partial charge in [-0.25, -0.2) is 0 Å². The number of para-hydroxylation sites is 1. The summed E-state index contributed by atoms with van der Waals surface area (Å²) < 4.78 is 6.05. The number of benzene rings is 1. The average Bonchev–Trinajstić information content (AvgIpc) is 2.39. The van der Waals surface area contributed by atoms with E-state index in [-0.39, 0.29) is 0 Å². The van der Waals surface area contributed by atoms with E-state index in [0.717, 1.165) is 6.54 Å². The quantitative estimate of drug-likeness (QED) is 0.834. The highest BCUT2D eigenvalue weighted by Crippen LogP contribution is 2.21. The summed E-state index contributed by atoms with van der Waals surface area (Å²) in [6.07, 6.45) is 7.34. The predicted octanol–water partition coefficient (Wildman–Crippen LogP) is 3.84. The van der Waals surface area contributed by atoms with E-state index >= 15 is 0 Å². The Morgan fingerprint density at radius 3 is 2.59 bits per heavy atom. The maximum absolute atomic E-state index is 6.05. The molecule has 0 heterocycles. The summed E-state index contributed by atoms with van der Waals surface area (Å²) in [5.74, 6) is 0. The molecule has 1 unspecified atom stereocenters. The lowest BCUT2D eigenvalue weighted by molar-refractivity contribution is -0.0143. The molecule has 17 heavy (non-hydrogen) atoms. The van der Waals surface area contributed by atoms with Gasteiger partial charge in [-0.05, 0) is 31.9 Å². The molecule has 94 valence electrons. The lowest BCUT2D eigenvalue weighted by atomic mass is 9.98. The second kappa shape index (κ2) is 6.65. The maximum Gasteiger partial charge on any atom is 0.0723 e. The minimum Gasteiger partial charge on any atom is -0.382 e. The Kier molecular flexibility index (Phi) is 4.87. The van der Waals surface area contributed by atoms with Crippen molar-refractivity contribution in [1.82, 2.24) is 0 Å². The number of nitrogens with one attached hydrogen (secondary N) is 1. The molecule has 1 aromatic carbocycles. The molecule has 2 nitrogen and oxygen atoms in total. The molecule has 2 rings (SSSR count). The largest absolute Gasteiger partial charge is 0.382 e. The van der Waals surface area contributed by atoms with Gasteiger partial charge in [0.25, 0.3) is 0 Å². The molecule has 1 aromatic rings. The van der Waals surface area contributed by atoms with E-state index in [4.69, 9.17) is 4.74 Å². The Balaban J connectivity index is 1.68. The maximum atomic E-state index is 6.05. The number of rotatable bonds is 5. The fourth-order valence-electron chi connectivity index (χ4n) is 2.40. The summed E-state index contributed by atoms with van der Waals surface area (Å²) >= 11 is 0. The van der Waals surface area contributed by atoms with Gasteiger partial charge in [0.05, 0.1) is 12.2 Å². The van der Waals surface area contributed by atoms with Crippen LogP contribution < -0.4 is 5.32 Å². The smallest absolute Gasteiger partial charge is 0.0723 e. The highest BCUT2D eigenvalue weighted by atomic mass is 16.5. The minimum atomic E-state index is 0.290. The lowest BCUT2D eigenvalue weighted by Gasteiger charge is -2.26. The van der Waals surface area contributed by atoms with E-state index in [9.17, 15) is 0 Å². The predicted molar refractivity (Wildman–Crippen MR) is 72.4 cm³/mol. The fourth-order valence-corrected chi connectivity index (χ4v) is 2.40. The van der Waals surface area contributed by atoms with Gasteiger partial charge in [-0.15, -0.1) is 0 Å². The van der Waals surface area contributed by atoms with Crippen molar-refractivity contribution in [2.24, 2.45) is 0 Å². The van der Waals surface area contributed by atoms with Crippen molar-refractivity contribution in [3.8, 4) is 0 Å². The summed E-state index contributed by atoms with van der Waals surface area (Å²) in [6.45, 7) is 3.05. The number of ether oxygens (including phenoxy) is 1. The summed E-state index contributed by atoms with van der Waals surface area (Å²) in [5, 5.41) is 3.41. The van der Waals surface area contributed by atoms with E-state index in [0.29, 0.717) is 12.2 Å². The molecular formula is C15H23NO. The third kappa shape index (κ3) is 4.39. The van der Waals surface area contributed by atoms with Crippen molar-refractivity contribution in [2.45, 2.75) is 51.2 Å². The fraction of sp³-hybridized carbons (Fsp3) is 0.600. The number of hydrogen-bond acceptors (Lipinski definition) is 2. The summed E-state index contributed by atoms with van der Waals surface area (Å²) in [7, 11) is 0. The van der Waals surface area contributed by atoms with Crippen molar-refractivity contribution in [3.05, 3.63) is 30.3 Å². The number of anilines is 1. The van der Waals surface area contributed by atoms with Gasteiger partial charge in [0, 0.05) is 12.2 Å². The van der Waals surface area contributed by atoms with Crippen LogP contribution in [-0.2, 0) is 4.74 Å². The summed E-state index contributed by atoms with van der Waals surface area (Å²) in [4.78, 5) is 0. The molecule has 0 radical (unpaired) electrons. The molecule has 0 aromatic heterocycles. The van der Waals surface area contributed by atoms with Crippen LogP contribution in [-0.4, -0.2) is 18.8 Å². The third-order valence-electron chi connectivity index (χ3n) is 3.34. The molecule has 1 aliphatic carbocycles. The van der Waals surface area contributed by atoms with E-state index < -0.39 is 0 Å². The van der Waals surface area contributed by atoms with Crippen LogP contribution in [0.15, 0.2) is 30.3 Å². The zero-order chi connectivity index (χ0) is 11.9. The van der Waals surface area contributed by atoms with Crippen molar-refractivity contribution in [2.75, 3.05) is 11.9 Å². The molecule has 1 fully saturated rings. The standard InChI is InChI=1S/C15H23NO/c1-13(17-15-10-6-3-7-11-15)12-16-14-8-4-2-5-9-14/h2,4-5,8-9,13,15-16H,3,6-7,10-12H2,1H3. The van der Waals surface area contributed by atoms with Gasteiger partial charge in [-0.3, -0.25) is 0 Å². The zero-order valence-corrected chi connectivity index (χ0v) is 10.7. The van der Waals surface area contributed by atoms with Crippen LogP contribution in [0.5, 0.6) is 0 Å².